The van der Waals surface area contributed by atoms with Crippen LogP contribution in [0.3, 0.4) is 0 Å². The summed E-state index contributed by atoms with van der Waals surface area (Å²) in [6, 6.07) is 22.8. The Morgan fingerprint density at radius 1 is 1.03 bits per heavy atom. The Labute approximate surface area is 200 Å². The average molecular weight is 453 g/mol. The third-order valence-electron chi connectivity index (χ3n) is 6.61. The number of rotatable bonds is 6. The molecule has 0 radical (unpaired) electrons. The maximum atomic E-state index is 12.3. The van der Waals surface area contributed by atoms with Gasteiger partial charge in [0.05, 0.1) is 0 Å². The van der Waals surface area contributed by atoms with Crippen LogP contribution < -0.4 is 10.2 Å². The lowest BCUT2D eigenvalue weighted by Gasteiger charge is -2.14. The number of alkyl carbamates (subject to hydrolysis) is 1. The van der Waals surface area contributed by atoms with Crippen molar-refractivity contribution < 1.29 is 14.3 Å². The molecule has 0 bridgehead atoms. The summed E-state index contributed by atoms with van der Waals surface area (Å²) in [5, 5.41) is 2.84. The van der Waals surface area contributed by atoms with Crippen LogP contribution in [-0.4, -0.2) is 31.7 Å². The van der Waals surface area contributed by atoms with Gasteiger partial charge in [0.1, 0.15) is 6.61 Å². The molecule has 0 atom stereocenters. The van der Waals surface area contributed by atoms with Crippen molar-refractivity contribution in [3.8, 4) is 11.1 Å². The second-order valence-corrected chi connectivity index (χ2v) is 8.75. The van der Waals surface area contributed by atoms with Gasteiger partial charge in [-0.15, -0.1) is 0 Å². The molecule has 0 saturated carbocycles. The van der Waals surface area contributed by atoms with E-state index < -0.39 is 6.09 Å². The summed E-state index contributed by atoms with van der Waals surface area (Å²) < 4.78 is 5.58. The van der Waals surface area contributed by atoms with Crippen LogP contribution in [0.2, 0.25) is 0 Å². The molecule has 172 valence electrons. The van der Waals surface area contributed by atoms with Crippen molar-refractivity contribution in [2.24, 2.45) is 0 Å². The van der Waals surface area contributed by atoms with E-state index in [0.29, 0.717) is 19.6 Å². The molecule has 2 aliphatic rings. The zero-order valence-electron chi connectivity index (χ0n) is 19.3. The topological polar surface area (TPSA) is 58.6 Å². The molecule has 3 aromatic rings. The molecule has 34 heavy (non-hydrogen) atoms. The number of hydrogen-bond donors (Lipinski definition) is 1. The smallest absolute Gasteiger partial charge is 0.407 e. The van der Waals surface area contributed by atoms with Crippen molar-refractivity contribution in [2.75, 3.05) is 24.6 Å². The largest absolute Gasteiger partial charge is 0.449 e. The third-order valence-corrected chi connectivity index (χ3v) is 6.61. The maximum absolute atomic E-state index is 12.3. The van der Waals surface area contributed by atoms with Crippen molar-refractivity contribution in [2.45, 2.75) is 25.7 Å². The van der Waals surface area contributed by atoms with Gasteiger partial charge in [-0.3, -0.25) is 4.79 Å². The highest BCUT2D eigenvalue weighted by Gasteiger charge is 2.29. The Hall–Kier alpha value is -3.86. The van der Waals surface area contributed by atoms with Gasteiger partial charge >= 0.3 is 6.09 Å². The maximum Gasteiger partial charge on any atom is 0.407 e. The first-order valence-corrected chi connectivity index (χ1v) is 11.8. The summed E-state index contributed by atoms with van der Waals surface area (Å²) in [6.07, 6.45) is 5.30. The molecular formula is C29H28N2O3. The van der Waals surface area contributed by atoms with Crippen molar-refractivity contribution in [1.82, 2.24) is 5.32 Å². The fourth-order valence-electron chi connectivity index (χ4n) is 4.98. The standard InChI is InChI=1S/C29H28N2O3/c1-20(32)31-17-15-22-18-21(13-14-28(22)31)8-6-7-16-30-29(33)34-19-27-25-11-4-2-9-23(25)24-10-3-5-12-26(24)27/h2-6,8-14,18,27H,7,15-17,19H2,1H3,(H,30,33). The number of nitrogens with zero attached hydrogens (tertiary/aromatic N) is 1. The van der Waals surface area contributed by atoms with Crippen molar-refractivity contribution in [1.29, 1.82) is 0 Å². The van der Waals surface area contributed by atoms with Gasteiger partial charge in [-0.1, -0.05) is 66.7 Å². The van der Waals surface area contributed by atoms with Crippen LogP contribution in [0, 0.1) is 0 Å². The van der Waals surface area contributed by atoms with E-state index in [1.54, 1.807) is 6.92 Å². The van der Waals surface area contributed by atoms with Crippen LogP contribution in [0.5, 0.6) is 0 Å². The van der Waals surface area contributed by atoms with Gasteiger partial charge in [0.2, 0.25) is 5.91 Å². The van der Waals surface area contributed by atoms with Crippen LogP contribution in [0.4, 0.5) is 10.5 Å². The van der Waals surface area contributed by atoms with Gasteiger partial charge in [0.15, 0.2) is 0 Å². The number of carbonyl (C=O) groups is 2. The Morgan fingerprint density at radius 2 is 1.74 bits per heavy atom. The first-order valence-electron chi connectivity index (χ1n) is 11.8. The third kappa shape index (κ3) is 4.34. The number of hydrogen-bond acceptors (Lipinski definition) is 3. The van der Waals surface area contributed by atoms with Gasteiger partial charge in [-0.05, 0) is 58.4 Å². The number of nitrogens with one attached hydrogen (secondary N) is 1. The first kappa shape index (κ1) is 22.0. The van der Waals surface area contributed by atoms with Crippen LogP contribution >= 0.6 is 0 Å². The molecule has 0 saturated heterocycles. The number of carbonyl (C=O) groups excluding carboxylic acids is 2. The van der Waals surface area contributed by atoms with Crippen molar-refractivity contribution >= 4 is 23.8 Å². The van der Waals surface area contributed by atoms with Gasteiger partial charge in [-0.25, -0.2) is 4.79 Å². The molecule has 1 heterocycles. The summed E-state index contributed by atoms with van der Waals surface area (Å²) in [7, 11) is 0. The van der Waals surface area contributed by atoms with Crippen LogP contribution in [0.25, 0.3) is 17.2 Å². The minimum atomic E-state index is -0.392. The number of fused-ring (bicyclic) bond motifs is 4. The van der Waals surface area contributed by atoms with Gasteiger partial charge in [0.25, 0.3) is 0 Å². The summed E-state index contributed by atoms with van der Waals surface area (Å²) >= 11 is 0. The van der Waals surface area contributed by atoms with Gasteiger partial charge in [-0.2, -0.15) is 0 Å². The molecular weight excluding hydrogens is 424 g/mol. The summed E-state index contributed by atoms with van der Waals surface area (Å²) in [6.45, 7) is 3.19. The molecule has 5 heteroatoms. The normalized spacial score (nSPS) is 14.1. The van der Waals surface area contributed by atoms with Crippen LogP contribution in [0.15, 0.2) is 72.8 Å². The molecule has 0 unspecified atom stereocenters. The predicted octanol–water partition coefficient (Wildman–Crippen LogP) is 5.54. The van der Waals surface area contributed by atoms with Gasteiger partial charge in [0, 0.05) is 31.6 Å². The molecule has 5 nitrogen and oxygen atoms in total. The highest BCUT2D eigenvalue weighted by molar-refractivity contribution is 5.94. The van der Waals surface area contributed by atoms with Crippen LogP contribution in [0.1, 0.15) is 41.5 Å². The highest BCUT2D eigenvalue weighted by Crippen LogP contribution is 2.44. The molecule has 0 fully saturated rings. The van der Waals surface area contributed by atoms with E-state index in [4.69, 9.17) is 4.74 Å². The Morgan fingerprint density at radius 3 is 2.44 bits per heavy atom. The molecule has 1 aliphatic heterocycles. The van der Waals surface area contributed by atoms with Crippen molar-refractivity contribution in [3.63, 3.8) is 0 Å². The molecule has 1 aliphatic carbocycles. The Balaban J connectivity index is 1.10. The molecule has 2 amide bonds. The van der Waals surface area contributed by atoms with E-state index in [2.05, 4.69) is 41.7 Å². The summed E-state index contributed by atoms with van der Waals surface area (Å²) in [5.41, 5.74) is 8.18. The fraction of sp³-hybridized carbons (Fsp3) is 0.241. The average Bonchev–Trinajstić information content (AvgIpc) is 3.42. The molecule has 3 aromatic carbocycles. The lowest BCUT2D eigenvalue weighted by Crippen LogP contribution is -2.26. The fourth-order valence-corrected chi connectivity index (χ4v) is 4.98. The second kappa shape index (κ2) is 9.56. The Bertz CT molecular complexity index is 1220. The van der Waals surface area contributed by atoms with E-state index in [0.717, 1.165) is 24.2 Å². The molecule has 1 N–H and O–H groups in total. The highest BCUT2D eigenvalue weighted by atomic mass is 16.5. The monoisotopic (exact) mass is 452 g/mol. The number of benzene rings is 3. The molecule has 0 aromatic heterocycles. The van der Waals surface area contributed by atoms with Gasteiger partial charge < -0.3 is 15.0 Å². The van der Waals surface area contributed by atoms with Crippen molar-refractivity contribution in [3.05, 3.63) is 95.1 Å². The lowest BCUT2D eigenvalue weighted by molar-refractivity contribution is -0.116. The SMILES string of the molecule is CC(=O)N1CCc2cc(C=CCCNC(=O)OCC3c4ccccc4-c4ccccc43)ccc21. The first-order chi connectivity index (χ1) is 16.6. The molecule has 0 spiro atoms. The summed E-state index contributed by atoms with van der Waals surface area (Å²) in [5.74, 6) is 0.151. The summed E-state index contributed by atoms with van der Waals surface area (Å²) in [4.78, 5) is 25.8. The van der Waals surface area contributed by atoms with E-state index in [9.17, 15) is 9.59 Å². The zero-order valence-corrected chi connectivity index (χ0v) is 19.3. The minimum absolute atomic E-state index is 0.0665. The Kier molecular flexibility index (Phi) is 6.17. The quantitative estimate of drug-likeness (QED) is 0.500. The van der Waals surface area contributed by atoms with E-state index >= 15 is 0 Å². The van der Waals surface area contributed by atoms with Crippen LogP contribution in [-0.2, 0) is 16.0 Å². The van der Waals surface area contributed by atoms with E-state index in [-0.39, 0.29) is 11.8 Å². The number of ether oxygens (including phenoxy) is 1. The van der Waals surface area contributed by atoms with E-state index in [1.165, 1.54) is 27.8 Å². The second-order valence-electron chi connectivity index (χ2n) is 8.75. The molecule has 5 rings (SSSR count). The minimum Gasteiger partial charge on any atom is -0.449 e. The predicted molar refractivity (Wildman–Crippen MR) is 135 cm³/mol. The van der Waals surface area contributed by atoms with E-state index in [1.807, 2.05) is 47.4 Å². The number of amides is 2. The lowest BCUT2D eigenvalue weighted by atomic mass is 9.98. The zero-order chi connectivity index (χ0) is 23.5. The number of anilines is 1.